The van der Waals surface area contributed by atoms with Crippen LogP contribution in [0, 0.1) is 12.7 Å². The van der Waals surface area contributed by atoms with E-state index in [1.165, 1.54) is 10.4 Å². The molecule has 0 aromatic heterocycles. The third kappa shape index (κ3) is 5.57. The number of carbonyl (C=O) groups is 2. The van der Waals surface area contributed by atoms with Gasteiger partial charge in [0.25, 0.3) is 5.91 Å². The molecule has 2 amide bonds. The Balaban J connectivity index is 1.28. The van der Waals surface area contributed by atoms with Crippen LogP contribution in [-0.4, -0.2) is 66.8 Å². The van der Waals surface area contributed by atoms with Crippen molar-refractivity contribution in [1.29, 1.82) is 0 Å². The van der Waals surface area contributed by atoms with Gasteiger partial charge in [-0.2, -0.15) is 17.5 Å². The van der Waals surface area contributed by atoms with Crippen LogP contribution in [0.15, 0.2) is 46.8 Å². The molecule has 1 unspecified atom stereocenters. The second-order valence-electron chi connectivity index (χ2n) is 10.6. The summed E-state index contributed by atoms with van der Waals surface area (Å²) >= 11 is 0. The summed E-state index contributed by atoms with van der Waals surface area (Å²) in [6.45, 7) is 1.53. The molecular formula is C28H28F4N4O5S. The van der Waals surface area contributed by atoms with Crippen LogP contribution >= 0.6 is 0 Å². The molecule has 2 fully saturated rings. The van der Waals surface area contributed by atoms with Crippen LogP contribution in [0.3, 0.4) is 0 Å². The molecular weight excluding hydrogens is 580 g/mol. The summed E-state index contributed by atoms with van der Waals surface area (Å²) in [7, 11) is -3.89. The van der Waals surface area contributed by atoms with Crippen molar-refractivity contribution < 1.29 is 40.7 Å². The molecule has 1 spiro atoms. The van der Waals surface area contributed by atoms with Gasteiger partial charge in [0.15, 0.2) is 0 Å². The first-order valence-corrected chi connectivity index (χ1v) is 14.7. The second-order valence-corrected chi connectivity index (χ2v) is 12.4. The summed E-state index contributed by atoms with van der Waals surface area (Å²) in [5.41, 5.74) is -0.954. The average Bonchev–Trinajstić information content (AvgIpc) is 3.46. The topological polar surface area (TPSA) is 119 Å². The summed E-state index contributed by atoms with van der Waals surface area (Å²) in [4.78, 5) is 31.0. The maximum atomic E-state index is 13.7. The van der Waals surface area contributed by atoms with E-state index in [-0.39, 0.29) is 55.9 Å². The first kappa shape index (κ1) is 29.9. The number of aryl methyl sites for hydroxylation is 1. The SMILES string of the molecule is Cc1cc(N2C(=O)CCC2CO)ccc1C=CS(=O)(=O)N1CCC2(CC1)N=C(c1ccc(F)c(C(F)(F)F)c1)NC2=O. The quantitative estimate of drug-likeness (QED) is 0.488. The predicted octanol–water partition coefficient (Wildman–Crippen LogP) is 3.35. The number of hydrogen-bond acceptors (Lipinski definition) is 6. The van der Waals surface area contributed by atoms with Gasteiger partial charge in [-0.3, -0.25) is 14.6 Å². The molecule has 5 rings (SSSR count). The first-order chi connectivity index (χ1) is 19.7. The van der Waals surface area contributed by atoms with Crippen LogP contribution in [0.1, 0.15) is 47.9 Å². The fraction of sp³-hybridized carbons (Fsp3) is 0.393. The lowest BCUT2D eigenvalue weighted by Gasteiger charge is -2.34. The number of amidine groups is 1. The van der Waals surface area contributed by atoms with Gasteiger partial charge in [0.1, 0.15) is 17.2 Å². The smallest absolute Gasteiger partial charge is 0.394 e. The summed E-state index contributed by atoms with van der Waals surface area (Å²) in [5, 5.41) is 13.1. The van der Waals surface area contributed by atoms with E-state index in [1.54, 1.807) is 30.0 Å². The highest BCUT2D eigenvalue weighted by atomic mass is 32.2. The van der Waals surface area contributed by atoms with Crippen LogP contribution in [0.2, 0.25) is 0 Å². The third-order valence-corrected chi connectivity index (χ3v) is 9.49. The van der Waals surface area contributed by atoms with E-state index in [0.29, 0.717) is 36.2 Å². The Morgan fingerprint density at radius 3 is 2.50 bits per heavy atom. The Bertz CT molecular complexity index is 1600. The van der Waals surface area contributed by atoms with Crippen molar-refractivity contribution >= 4 is 39.4 Å². The molecule has 2 saturated heterocycles. The number of rotatable bonds is 6. The van der Waals surface area contributed by atoms with Gasteiger partial charge in [0, 0.05) is 36.2 Å². The minimum absolute atomic E-state index is 0.00629. The summed E-state index contributed by atoms with van der Waals surface area (Å²) in [6.07, 6.45) is -2.56. The number of hydrogen-bond donors (Lipinski definition) is 2. The monoisotopic (exact) mass is 608 g/mol. The van der Waals surface area contributed by atoms with Crippen molar-refractivity contribution in [3.63, 3.8) is 0 Å². The highest BCUT2D eigenvalue weighted by Gasteiger charge is 2.47. The zero-order valence-corrected chi connectivity index (χ0v) is 23.3. The number of halogens is 4. The molecule has 1 atom stereocenters. The number of sulfonamides is 1. The molecule has 0 saturated carbocycles. The van der Waals surface area contributed by atoms with Crippen molar-refractivity contribution in [1.82, 2.24) is 9.62 Å². The Morgan fingerprint density at radius 2 is 1.86 bits per heavy atom. The summed E-state index contributed by atoms with van der Waals surface area (Å²) < 4.78 is 80.5. The number of aliphatic hydroxyl groups is 1. The molecule has 0 aliphatic carbocycles. The van der Waals surface area contributed by atoms with Gasteiger partial charge >= 0.3 is 6.18 Å². The summed E-state index contributed by atoms with van der Waals surface area (Å²) in [6, 6.07) is 7.19. The number of aliphatic imine (C=N–C) groups is 1. The van der Waals surface area contributed by atoms with Crippen LogP contribution in [0.4, 0.5) is 23.2 Å². The first-order valence-electron chi connectivity index (χ1n) is 13.2. The van der Waals surface area contributed by atoms with E-state index in [9.17, 15) is 40.7 Å². The van der Waals surface area contributed by atoms with Crippen molar-refractivity contribution in [2.75, 3.05) is 24.6 Å². The van der Waals surface area contributed by atoms with Gasteiger partial charge < -0.3 is 15.3 Å². The van der Waals surface area contributed by atoms with Crippen LogP contribution < -0.4 is 10.2 Å². The number of benzene rings is 2. The molecule has 3 aliphatic heterocycles. The highest BCUT2D eigenvalue weighted by Crippen LogP contribution is 2.35. The maximum Gasteiger partial charge on any atom is 0.419 e. The van der Waals surface area contributed by atoms with Crippen LogP contribution in [0.5, 0.6) is 0 Å². The minimum atomic E-state index is -4.93. The van der Waals surface area contributed by atoms with Crippen molar-refractivity contribution in [2.45, 2.75) is 50.4 Å². The van der Waals surface area contributed by atoms with Crippen LogP contribution in [-0.2, 0) is 25.8 Å². The van der Waals surface area contributed by atoms with Gasteiger partial charge in [-0.1, -0.05) is 6.07 Å². The predicted molar refractivity (Wildman–Crippen MR) is 146 cm³/mol. The molecule has 2 aromatic rings. The van der Waals surface area contributed by atoms with Gasteiger partial charge in [-0.05, 0) is 73.7 Å². The molecule has 0 bridgehead atoms. The standard InChI is InChI=1S/C28H28F4N4O5S/c1-17-14-20(36-21(16-37)5-7-24(36)38)4-2-18(17)8-13-42(40,41)35-11-9-27(10-12-35)26(39)33-25(34-27)19-3-6-23(29)22(15-19)28(30,31)32/h2-4,6,8,13-15,21,37H,5,7,9-12,16H2,1H3,(H,33,34,39). The number of nitrogens with zero attached hydrogens (tertiary/aromatic N) is 3. The number of carbonyl (C=O) groups excluding carboxylic acids is 2. The molecule has 9 nitrogen and oxygen atoms in total. The molecule has 2 N–H and O–H groups in total. The van der Waals surface area contributed by atoms with E-state index >= 15 is 0 Å². The highest BCUT2D eigenvalue weighted by molar-refractivity contribution is 7.92. The Kier molecular flexibility index (Phi) is 7.75. The lowest BCUT2D eigenvalue weighted by atomic mass is 9.89. The zero-order valence-electron chi connectivity index (χ0n) is 22.5. The number of anilines is 1. The van der Waals surface area contributed by atoms with E-state index in [2.05, 4.69) is 10.3 Å². The van der Waals surface area contributed by atoms with Crippen molar-refractivity contribution in [2.24, 2.45) is 4.99 Å². The fourth-order valence-corrected chi connectivity index (χ4v) is 6.69. The van der Waals surface area contributed by atoms with Crippen LogP contribution in [0.25, 0.3) is 6.08 Å². The maximum absolute atomic E-state index is 13.7. The molecule has 2 aromatic carbocycles. The van der Waals surface area contributed by atoms with Gasteiger partial charge in [-0.25, -0.2) is 12.8 Å². The molecule has 224 valence electrons. The molecule has 3 heterocycles. The minimum Gasteiger partial charge on any atom is -0.394 e. The van der Waals surface area contributed by atoms with Gasteiger partial charge in [0.2, 0.25) is 15.9 Å². The third-order valence-electron chi connectivity index (χ3n) is 7.92. The second kappa shape index (κ2) is 10.9. The lowest BCUT2D eigenvalue weighted by molar-refractivity contribution is -0.140. The normalized spacial score (nSPS) is 21.4. The lowest BCUT2D eigenvalue weighted by Crippen LogP contribution is -2.50. The van der Waals surface area contributed by atoms with Crippen molar-refractivity contribution in [3.8, 4) is 0 Å². The Hall–Kier alpha value is -3.62. The Morgan fingerprint density at radius 1 is 1.14 bits per heavy atom. The number of aliphatic hydroxyl groups excluding tert-OH is 1. The Labute approximate surface area is 239 Å². The average molecular weight is 609 g/mol. The van der Waals surface area contributed by atoms with E-state index in [0.717, 1.165) is 17.0 Å². The van der Waals surface area contributed by atoms with Crippen molar-refractivity contribution in [3.05, 3.63) is 69.9 Å². The van der Waals surface area contributed by atoms with E-state index in [1.807, 2.05) is 0 Å². The van der Waals surface area contributed by atoms with Gasteiger partial charge in [0.05, 0.1) is 18.2 Å². The zero-order chi connectivity index (χ0) is 30.4. The number of alkyl halides is 3. The molecule has 3 aliphatic rings. The summed E-state index contributed by atoms with van der Waals surface area (Å²) in [5.74, 6) is -2.21. The number of piperidine rings is 1. The largest absolute Gasteiger partial charge is 0.419 e. The molecule has 14 heteroatoms. The van der Waals surface area contributed by atoms with E-state index in [4.69, 9.17) is 0 Å². The number of amides is 2. The van der Waals surface area contributed by atoms with Gasteiger partial charge in [-0.15, -0.1) is 0 Å². The molecule has 42 heavy (non-hydrogen) atoms. The number of nitrogens with one attached hydrogen (secondary N) is 1. The van der Waals surface area contributed by atoms with E-state index < -0.39 is 39.0 Å². The fourth-order valence-electron chi connectivity index (χ4n) is 5.51. The molecule has 0 radical (unpaired) electrons.